The van der Waals surface area contributed by atoms with Crippen molar-refractivity contribution in [2.75, 3.05) is 4.90 Å². The van der Waals surface area contributed by atoms with Crippen molar-refractivity contribution >= 4 is 51.8 Å². The zero-order valence-electron chi connectivity index (χ0n) is 52.0. The van der Waals surface area contributed by atoms with Crippen molar-refractivity contribution in [2.24, 2.45) is 0 Å². The maximum Gasteiger partial charge on any atom is 0.346 e. The molecule has 0 unspecified atom stereocenters. The molecule has 0 spiro atoms. The second kappa shape index (κ2) is 25.6. The summed E-state index contributed by atoms with van der Waals surface area (Å²) in [6.07, 6.45) is 22.2. The lowest BCUT2D eigenvalue weighted by atomic mass is 9.70. The van der Waals surface area contributed by atoms with E-state index in [0.717, 1.165) is 126 Å². The maximum absolute atomic E-state index is 12.1. The largest absolute Gasteiger partial charge is 0.477 e. The minimum atomic E-state index is -1.22. The van der Waals surface area contributed by atoms with Gasteiger partial charge in [0.15, 0.2) is 0 Å². The Morgan fingerprint density at radius 2 is 0.816 bits per heavy atom. The number of nitriles is 1. The van der Waals surface area contributed by atoms with Crippen LogP contribution in [0, 0.1) is 11.3 Å². The highest BCUT2D eigenvalue weighted by atomic mass is 32.1. The van der Waals surface area contributed by atoms with Gasteiger partial charge >= 0.3 is 5.97 Å². The molecule has 2 heterocycles. The quantitative estimate of drug-likeness (QED) is 0.0433. The summed E-state index contributed by atoms with van der Waals surface area (Å²) in [6, 6.07) is 67.5. The number of thiophene rings is 2. The van der Waals surface area contributed by atoms with Gasteiger partial charge in [-0.3, -0.25) is 0 Å². The van der Waals surface area contributed by atoms with E-state index in [-0.39, 0.29) is 21.8 Å². The number of unbranched alkanes of at least 4 members (excludes halogenated alkanes) is 6. The number of hydrogen-bond donors (Lipinski definition) is 1. The zero-order chi connectivity index (χ0) is 60.3. The Labute approximate surface area is 526 Å². The number of carbonyl (C=O) groups is 1. The normalized spacial score (nSPS) is 14.4. The summed E-state index contributed by atoms with van der Waals surface area (Å²) in [6.45, 7) is 14.0. The third-order valence-electron chi connectivity index (χ3n) is 20.0. The third kappa shape index (κ3) is 10.7. The lowest BCUT2D eigenvalue weighted by molar-refractivity contribution is -0.132. The molecule has 0 saturated heterocycles. The van der Waals surface area contributed by atoms with Gasteiger partial charge in [-0.1, -0.05) is 228 Å². The van der Waals surface area contributed by atoms with Gasteiger partial charge in [-0.05, 0) is 183 Å². The molecule has 3 aliphatic carbocycles. The number of benzene rings is 7. The number of anilines is 3. The molecule has 0 aliphatic heterocycles. The van der Waals surface area contributed by atoms with E-state index >= 15 is 0 Å². The molecule has 442 valence electrons. The number of aliphatic carboxylic acids is 1. The summed E-state index contributed by atoms with van der Waals surface area (Å²) in [5.41, 5.74) is 23.6. The van der Waals surface area contributed by atoms with E-state index in [0.29, 0.717) is 0 Å². The summed E-state index contributed by atoms with van der Waals surface area (Å²) in [5.74, 6) is -1.22. The second-order valence-electron chi connectivity index (χ2n) is 25.1. The standard InChI is InChI=1S/C81H84N2O2S2/c1-7-13-43-79(44-14-8-2)69-28-22-19-25-62(69)65-39-33-56(50-72(65)79)68-53-76(87-77(68)75-42-38-61(86-75)49-57(54-82)78(84)85)55-31-34-58(35-32-55)83(59-36-40-66-63-26-20-23-29-70(63)80(45-15-9-3,46-16-10-4)73(66)51-59)60-37-41-67-64-27-21-24-30-71(64)81(47-17-11-5,48-18-12-6)74(67)52-60/h19-42,49-53H,7-18,43-48H2,1-6H3,(H,84,85)/b57-49+. The fourth-order valence-corrected chi connectivity index (χ4v) is 17.9. The van der Waals surface area contributed by atoms with Crippen LogP contribution in [0.25, 0.3) is 70.8 Å². The molecule has 6 heteroatoms. The monoisotopic (exact) mass is 1180 g/mol. The van der Waals surface area contributed by atoms with E-state index in [2.05, 4.69) is 210 Å². The highest BCUT2D eigenvalue weighted by Crippen LogP contribution is 2.60. The highest BCUT2D eigenvalue weighted by Gasteiger charge is 2.45. The number of carboxylic acid groups (broad SMARTS) is 1. The van der Waals surface area contributed by atoms with Crippen LogP contribution in [0.5, 0.6) is 0 Å². The van der Waals surface area contributed by atoms with Gasteiger partial charge in [0.25, 0.3) is 0 Å². The molecule has 0 bridgehead atoms. The van der Waals surface area contributed by atoms with Gasteiger partial charge < -0.3 is 10.0 Å². The Morgan fingerprint density at radius 1 is 0.425 bits per heavy atom. The van der Waals surface area contributed by atoms with Crippen LogP contribution in [0.15, 0.2) is 175 Å². The smallest absolute Gasteiger partial charge is 0.346 e. The summed E-state index contributed by atoms with van der Waals surface area (Å²) in [5, 5.41) is 19.6. The van der Waals surface area contributed by atoms with E-state index in [1.54, 1.807) is 22.7 Å². The van der Waals surface area contributed by atoms with Gasteiger partial charge in [0.1, 0.15) is 11.6 Å². The van der Waals surface area contributed by atoms with E-state index in [4.69, 9.17) is 0 Å². The molecule has 87 heavy (non-hydrogen) atoms. The summed E-state index contributed by atoms with van der Waals surface area (Å²) < 4.78 is 0. The molecule has 4 nitrogen and oxygen atoms in total. The first-order chi connectivity index (χ1) is 42.6. The SMILES string of the molecule is CCCCC1(CCCC)c2ccccc2-c2ccc(-c3cc(-c4ccc(N(c5ccc6c(c5)C(CCCC)(CCCC)c5ccccc5-6)c5ccc6c(c5)C(CCCC)(CCCC)c5ccccc5-6)cc4)sc3-c3ccc(/C=C(\C#N)C(=O)O)s3)cc21. The van der Waals surface area contributed by atoms with Gasteiger partial charge in [-0.2, -0.15) is 5.26 Å². The predicted molar refractivity (Wildman–Crippen MR) is 370 cm³/mol. The van der Waals surface area contributed by atoms with Crippen LogP contribution >= 0.6 is 22.7 Å². The Hall–Kier alpha value is -7.56. The van der Waals surface area contributed by atoms with Crippen molar-refractivity contribution in [1.29, 1.82) is 5.26 Å². The van der Waals surface area contributed by atoms with Crippen LogP contribution in [0.3, 0.4) is 0 Å². The number of carboxylic acids is 1. The van der Waals surface area contributed by atoms with Crippen molar-refractivity contribution in [2.45, 2.75) is 173 Å². The Morgan fingerprint density at radius 3 is 1.24 bits per heavy atom. The van der Waals surface area contributed by atoms with Crippen molar-refractivity contribution < 1.29 is 9.90 Å². The van der Waals surface area contributed by atoms with Gasteiger partial charge in [0, 0.05) is 53.5 Å². The summed E-state index contributed by atoms with van der Waals surface area (Å²) >= 11 is 3.34. The maximum atomic E-state index is 12.1. The minimum absolute atomic E-state index is 0.0592. The number of fused-ring (bicyclic) bond motifs is 9. The van der Waals surface area contributed by atoms with Gasteiger partial charge in [0.05, 0.1) is 4.88 Å². The van der Waals surface area contributed by atoms with Crippen LogP contribution in [-0.2, 0) is 21.0 Å². The Kier molecular flexibility index (Phi) is 17.6. The molecule has 12 rings (SSSR count). The second-order valence-corrected chi connectivity index (χ2v) is 27.3. The highest BCUT2D eigenvalue weighted by molar-refractivity contribution is 7.24. The molecule has 7 aromatic carbocycles. The summed E-state index contributed by atoms with van der Waals surface area (Å²) in [7, 11) is 0. The predicted octanol–water partition coefficient (Wildman–Crippen LogP) is 24.2. The molecule has 0 amide bonds. The number of hydrogen-bond acceptors (Lipinski definition) is 5. The van der Waals surface area contributed by atoms with Crippen LogP contribution in [0.4, 0.5) is 17.1 Å². The molecule has 0 saturated carbocycles. The van der Waals surface area contributed by atoms with Crippen molar-refractivity contribution in [3.05, 3.63) is 214 Å². The number of nitrogens with zero attached hydrogens (tertiary/aromatic N) is 2. The lowest BCUT2D eigenvalue weighted by Crippen LogP contribution is -2.26. The molecule has 0 radical (unpaired) electrons. The fourth-order valence-electron chi connectivity index (χ4n) is 15.6. The van der Waals surface area contributed by atoms with Gasteiger partial charge in [-0.25, -0.2) is 4.79 Å². The van der Waals surface area contributed by atoms with Crippen LogP contribution in [0.2, 0.25) is 0 Å². The van der Waals surface area contributed by atoms with E-state index < -0.39 is 5.97 Å². The first-order valence-electron chi connectivity index (χ1n) is 32.8. The average Bonchev–Trinajstić information content (AvgIpc) is 1.88. The molecule has 2 aromatic heterocycles. The zero-order valence-corrected chi connectivity index (χ0v) is 53.7. The van der Waals surface area contributed by atoms with E-state index in [1.807, 2.05) is 12.1 Å². The molecular formula is C81H84N2O2S2. The van der Waals surface area contributed by atoms with E-state index in [1.165, 1.54) is 115 Å². The molecule has 0 fully saturated rings. The Balaban J connectivity index is 1.02. The molecule has 9 aromatic rings. The Bertz CT molecular complexity index is 3910. The minimum Gasteiger partial charge on any atom is -0.477 e. The topological polar surface area (TPSA) is 64.3 Å². The molecule has 1 N–H and O–H groups in total. The third-order valence-corrected chi connectivity index (χ3v) is 22.4. The van der Waals surface area contributed by atoms with Crippen molar-refractivity contribution in [3.8, 4) is 70.8 Å². The van der Waals surface area contributed by atoms with Gasteiger partial charge in [0.2, 0.25) is 0 Å². The van der Waals surface area contributed by atoms with Gasteiger partial charge in [-0.15, -0.1) is 22.7 Å². The van der Waals surface area contributed by atoms with Crippen LogP contribution in [0.1, 0.15) is 195 Å². The van der Waals surface area contributed by atoms with Crippen molar-refractivity contribution in [3.63, 3.8) is 0 Å². The van der Waals surface area contributed by atoms with E-state index in [9.17, 15) is 15.2 Å². The summed E-state index contributed by atoms with van der Waals surface area (Å²) in [4.78, 5) is 18.7. The fraction of sp³-hybridized carbons (Fsp3) is 0.333. The molecule has 0 atom stereocenters. The molecular weight excluding hydrogens is 1100 g/mol. The van der Waals surface area contributed by atoms with Crippen LogP contribution in [-0.4, -0.2) is 11.1 Å². The molecule has 3 aliphatic rings. The first-order valence-corrected chi connectivity index (χ1v) is 34.5. The first kappa shape index (κ1) is 59.8. The van der Waals surface area contributed by atoms with Crippen LogP contribution < -0.4 is 4.90 Å². The van der Waals surface area contributed by atoms with Crippen molar-refractivity contribution in [1.82, 2.24) is 0 Å². The number of rotatable bonds is 26. The lowest BCUT2D eigenvalue weighted by Gasteiger charge is -2.35. The average molecular weight is 1180 g/mol.